The van der Waals surface area contributed by atoms with Gasteiger partial charge in [-0.2, -0.15) is 0 Å². The molecule has 1 atom stereocenters. The standard InChI is InChI=1S/C18H20O5/c1-13(22-15-8-6-7-14(11-15)12-20-2)18(19)23-17-10-5-4-9-16(17)21-3/h4-11,13H,12H2,1-3H3. The maximum atomic E-state index is 12.2. The summed E-state index contributed by atoms with van der Waals surface area (Å²) in [5.74, 6) is 0.953. The van der Waals surface area contributed by atoms with Crippen LogP contribution in [0.1, 0.15) is 12.5 Å². The van der Waals surface area contributed by atoms with Crippen LogP contribution in [0.5, 0.6) is 17.2 Å². The normalized spacial score (nSPS) is 11.6. The highest BCUT2D eigenvalue weighted by Crippen LogP contribution is 2.26. The number of rotatable bonds is 7. The second kappa shape index (κ2) is 8.19. The van der Waals surface area contributed by atoms with Crippen LogP contribution in [0.4, 0.5) is 0 Å². The molecule has 122 valence electrons. The molecule has 0 saturated heterocycles. The minimum absolute atomic E-state index is 0.364. The van der Waals surface area contributed by atoms with Gasteiger partial charge in [-0.05, 0) is 36.8 Å². The Kier molecular flexibility index (Phi) is 6.00. The van der Waals surface area contributed by atoms with Crippen molar-refractivity contribution in [2.24, 2.45) is 0 Å². The zero-order valence-corrected chi connectivity index (χ0v) is 13.4. The maximum Gasteiger partial charge on any atom is 0.352 e. The third-order valence-corrected chi connectivity index (χ3v) is 3.13. The molecular weight excluding hydrogens is 296 g/mol. The van der Waals surface area contributed by atoms with Crippen LogP contribution in [0.25, 0.3) is 0 Å². The zero-order chi connectivity index (χ0) is 16.7. The van der Waals surface area contributed by atoms with Crippen molar-refractivity contribution in [1.82, 2.24) is 0 Å². The summed E-state index contributed by atoms with van der Waals surface area (Å²) in [6.07, 6.45) is -0.752. The molecule has 5 heteroatoms. The van der Waals surface area contributed by atoms with Crippen molar-refractivity contribution in [2.75, 3.05) is 14.2 Å². The lowest BCUT2D eigenvalue weighted by Gasteiger charge is -2.15. The molecule has 0 aliphatic rings. The Balaban J connectivity index is 2.01. The quantitative estimate of drug-likeness (QED) is 0.580. The lowest BCUT2D eigenvalue weighted by atomic mass is 10.2. The second-order valence-corrected chi connectivity index (χ2v) is 4.91. The van der Waals surface area contributed by atoms with Crippen molar-refractivity contribution in [2.45, 2.75) is 19.6 Å². The van der Waals surface area contributed by atoms with Crippen LogP contribution >= 0.6 is 0 Å². The molecule has 5 nitrogen and oxygen atoms in total. The smallest absolute Gasteiger partial charge is 0.352 e. The minimum atomic E-state index is -0.752. The van der Waals surface area contributed by atoms with Crippen LogP contribution in [0.15, 0.2) is 48.5 Å². The van der Waals surface area contributed by atoms with Crippen molar-refractivity contribution in [3.05, 3.63) is 54.1 Å². The third-order valence-electron chi connectivity index (χ3n) is 3.13. The number of methoxy groups -OCH3 is 2. The molecule has 0 aliphatic carbocycles. The predicted molar refractivity (Wildman–Crippen MR) is 85.9 cm³/mol. The van der Waals surface area contributed by atoms with Gasteiger partial charge < -0.3 is 18.9 Å². The van der Waals surface area contributed by atoms with E-state index in [2.05, 4.69) is 0 Å². The Bertz CT molecular complexity index is 653. The van der Waals surface area contributed by atoms with Crippen LogP contribution in [0.3, 0.4) is 0 Å². The third kappa shape index (κ3) is 4.72. The first kappa shape index (κ1) is 16.8. The van der Waals surface area contributed by atoms with Crippen molar-refractivity contribution < 1.29 is 23.7 Å². The van der Waals surface area contributed by atoms with E-state index >= 15 is 0 Å². The number of carbonyl (C=O) groups excluding carboxylic acids is 1. The average molecular weight is 316 g/mol. The van der Waals surface area contributed by atoms with Gasteiger partial charge >= 0.3 is 5.97 Å². The Morgan fingerprint density at radius 2 is 1.78 bits per heavy atom. The van der Waals surface area contributed by atoms with Crippen molar-refractivity contribution in [3.8, 4) is 17.2 Å². The summed E-state index contributed by atoms with van der Waals surface area (Å²) in [5.41, 5.74) is 0.968. The van der Waals surface area contributed by atoms with Crippen LogP contribution in [-0.4, -0.2) is 26.3 Å². The summed E-state index contributed by atoms with van der Waals surface area (Å²) in [6, 6.07) is 14.4. The van der Waals surface area contributed by atoms with Gasteiger partial charge in [-0.15, -0.1) is 0 Å². The van der Waals surface area contributed by atoms with Gasteiger partial charge in [0.2, 0.25) is 0 Å². The Hall–Kier alpha value is -2.53. The number of benzene rings is 2. The van der Waals surface area contributed by atoms with Crippen LogP contribution in [-0.2, 0) is 16.1 Å². The first-order chi connectivity index (χ1) is 11.1. The molecule has 1 unspecified atom stereocenters. The van der Waals surface area contributed by atoms with Gasteiger partial charge in [0.05, 0.1) is 13.7 Å². The molecule has 0 aliphatic heterocycles. The van der Waals surface area contributed by atoms with Crippen LogP contribution in [0.2, 0.25) is 0 Å². The summed E-state index contributed by atoms with van der Waals surface area (Å²) >= 11 is 0. The highest BCUT2D eigenvalue weighted by Gasteiger charge is 2.19. The molecule has 0 amide bonds. The summed E-state index contributed by atoms with van der Waals surface area (Å²) in [6.45, 7) is 2.12. The molecule has 0 fully saturated rings. The molecule has 23 heavy (non-hydrogen) atoms. The van der Waals surface area contributed by atoms with E-state index in [1.54, 1.807) is 44.4 Å². The predicted octanol–water partition coefficient (Wildman–Crippen LogP) is 3.21. The van der Waals surface area contributed by atoms with Gasteiger partial charge in [0.25, 0.3) is 0 Å². The molecule has 0 saturated carbocycles. The molecule has 0 spiro atoms. The van der Waals surface area contributed by atoms with E-state index in [-0.39, 0.29) is 0 Å². The van der Waals surface area contributed by atoms with E-state index < -0.39 is 12.1 Å². The topological polar surface area (TPSA) is 54.0 Å². The SMILES string of the molecule is COCc1cccc(OC(C)C(=O)Oc2ccccc2OC)c1. The molecule has 2 aromatic rings. The monoisotopic (exact) mass is 316 g/mol. The minimum Gasteiger partial charge on any atom is -0.493 e. The van der Waals surface area contributed by atoms with Crippen LogP contribution in [0, 0.1) is 0 Å². The second-order valence-electron chi connectivity index (χ2n) is 4.91. The highest BCUT2D eigenvalue weighted by atomic mass is 16.6. The molecule has 0 heterocycles. The Labute approximate surface area is 135 Å². The maximum absolute atomic E-state index is 12.2. The van der Waals surface area contributed by atoms with E-state index in [9.17, 15) is 4.79 Å². The van der Waals surface area contributed by atoms with E-state index in [1.807, 2.05) is 18.2 Å². The van der Waals surface area contributed by atoms with E-state index in [0.717, 1.165) is 5.56 Å². The number of hydrogen-bond donors (Lipinski definition) is 0. The number of para-hydroxylation sites is 2. The fourth-order valence-electron chi connectivity index (χ4n) is 2.02. The van der Waals surface area contributed by atoms with Crippen LogP contribution < -0.4 is 14.2 Å². The van der Waals surface area contributed by atoms with Crippen molar-refractivity contribution in [3.63, 3.8) is 0 Å². The first-order valence-electron chi connectivity index (χ1n) is 7.23. The summed E-state index contributed by atoms with van der Waals surface area (Å²) in [7, 11) is 3.15. The van der Waals surface area contributed by atoms with Gasteiger partial charge in [-0.1, -0.05) is 24.3 Å². The van der Waals surface area contributed by atoms with Crippen molar-refractivity contribution >= 4 is 5.97 Å². The summed E-state index contributed by atoms with van der Waals surface area (Å²) in [5, 5.41) is 0. The Morgan fingerprint density at radius 1 is 1.04 bits per heavy atom. The summed E-state index contributed by atoms with van der Waals surface area (Å²) < 4.78 is 21.2. The number of ether oxygens (including phenoxy) is 4. The van der Waals surface area contributed by atoms with Gasteiger partial charge in [-0.3, -0.25) is 0 Å². The highest BCUT2D eigenvalue weighted by molar-refractivity contribution is 5.77. The lowest BCUT2D eigenvalue weighted by molar-refractivity contribution is -0.141. The molecule has 0 N–H and O–H groups in total. The van der Waals surface area contributed by atoms with Gasteiger partial charge in [0.1, 0.15) is 5.75 Å². The molecule has 0 bridgehead atoms. The van der Waals surface area contributed by atoms with Gasteiger partial charge in [0.15, 0.2) is 17.6 Å². The summed E-state index contributed by atoms with van der Waals surface area (Å²) in [4.78, 5) is 12.2. The zero-order valence-electron chi connectivity index (χ0n) is 13.4. The molecule has 2 aromatic carbocycles. The number of hydrogen-bond acceptors (Lipinski definition) is 5. The number of carbonyl (C=O) groups is 1. The van der Waals surface area contributed by atoms with E-state index in [0.29, 0.717) is 23.9 Å². The van der Waals surface area contributed by atoms with Gasteiger partial charge in [0, 0.05) is 7.11 Å². The lowest BCUT2D eigenvalue weighted by Crippen LogP contribution is -2.28. The van der Waals surface area contributed by atoms with E-state index in [1.165, 1.54) is 7.11 Å². The van der Waals surface area contributed by atoms with E-state index in [4.69, 9.17) is 18.9 Å². The molecule has 0 radical (unpaired) electrons. The number of esters is 1. The van der Waals surface area contributed by atoms with Gasteiger partial charge in [-0.25, -0.2) is 4.79 Å². The fourth-order valence-corrected chi connectivity index (χ4v) is 2.02. The molecule has 0 aromatic heterocycles. The Morgan fingerprint density at radius 3 is 2.48 bits per heavy atom. The fraction of sp³-hybridized carbons (Fsp3) is 0.278. The average Bonchev–Trinajstić information content (AvgIpc) is 2.56. The largest absolute Gasteiger partial charge is 0.493 e. The first-order valence-corrected chi connectivity index (χ1v) is 7.23. The van der Waals surface area contributed by atoms with Crippen molar-refractivity contribution in [1.29, 1.82) is 0 Å². The molecular formula is C18H20O5. The molecule has 2 rings (SSSR count).